The van der Waals surface area contributed by atoms with E-state index in [0.29, 0.717) is 26.9 Å². The number of H-pyrrole nitrogens is 1. The molecule has 21 heavy (non-hydrogen) atoms. The van der Waals surface area contributed by atoms with Gasteiger partial charge in [-0.1, -0.05) is 11.6 Å². The lowest BCUT2D eigenvalue weighted by atomic mass is 10.2. The zero-order valence-corrected chi connectivity index (χ0v) is 13.0. The highest BCUT2D eigenvalue weighted by molar-refractivity contribution is 7.16. The molecule has 0 aliphatic carbocycles. The van der Waals surface area contributed by atoms with E-state index in [0.717, 1.165) is 4.88 Å². The quantitative estimate of drug-likeness (QED) is 0.774. The van der Waals surface area contributed by atoms with Crippen LogP contribution in [-0.4, -0.2) is 24.9 Å². The molecule has 0 amide bonds. The van der Waals surface area contributed by atoms with Crippen molar-refractivity contribution in [3.8, 4) is 0 Å². The molecule has 110 valence electrons. The van der Waals surface area contributed by atoms with Crippen molar-refractivity contribution < 1.29 is 5.11 Å². The second-order valence-corrected chi connectivity index (χ2v) is 6.46. The van der Waals surface area contributed by atoms with E-state index < -0.39 is 0 Å². The van der Waals surface area contributed by atoms with Crippen LogP contribution in [0.15, 0.2) is 16.9 Å². The van der Waals surface area contributed by atoms with Crippen molar-refractivity contribution in [1.29, 1.82) is 0 Å². The number of hydrogen-bond donors (Lipinski definition) is 2. The van der Waals surface area contributed by atoms with Crippen molar-refractivity contribution in [2.75, 3.05) is 0 Å². The van der Waals surface area contributed by atoms with Crippen LogP contribution in [0, 0.1) is 6.92 Å². The summed E-state index contributed by atoms with van der Waals surface area (Å²) in [5.41, 5.74) is 0.509. The molecule has 0 spiro atoms. The van der Waals surface area contributed by atoms with Gasteiger partial charge in [0.15, 0.2) is 5.65 Å². The lowest BCUT2D eigenvalue weighted by Crippen LogP contribution is -2.12. The summed E-state index contributed by atoms with van der Waals surface area (Å²) in [5.74, 6) is 0.509. The van der Waals surface area contributed by atoms with Crippen LogP contribution in [0.4, 0.5) is 0 Å². The Kier molecular flexibility index (Phi) is 3.56. The first-order valence-electron chi connectivity index (χ1n) is 6.35. The molecule has 3 heterocycles. The first-order chi connectivity index (χ1) is 10.0. The second-order valence-electron chi connectivity index (χ2n) is 4.72. The first-order valence-corrected chi connectivity index (χ1v) is 7.54. The van der Waals surface area contributed by atoms with Crippen molar-refractivity contribution in [3.05, 3.63) is 43.2 Å². The third kappa shape index (κ3) is 2.37. The third-order valence-corrected chi connectivity index (χ3v) is 4.68. The lowest BCUT2D eigenvalue weighted by Gasteiger charge is -2.10. The fourth-order valence-electron chi connectivity index (χ4n) is 2.28. The summed E-state index contributed by atoms with van der Waals surface area (Å²) < 4.78 is 2.35. The van der Waals surface area contributed by atoms with Crippen LogP contribution in [0.25, 0.3) is 11.0 Å². The third-order valence-electron chi connectivity index (χ3n) is 3.28. The van der Waals surface area contributed by atoms with Crippen LogP contribution in [0.5, 0.6) is 0 Å². The van der Waals surface area contributed by atoms with Crippen LogP contribution >= 0.6 is 22.9 Å². The molecular weight excluding hydrogens is 312 g/mol. The molecule has 0 aromatic carbocycles. The maximum Gasteiger partial charge on any atom is 0.262 e. The number of hydrogen-bond acceptors (Lipinski definition) is 5. The van der Waals surface area contributed by atoms with Gasteiger partial charge >= 0.3 is 0 Å². The number of aryl methyl sites for hydroxylation is 1. The van der Waals surface area contributed by atoms with E-state index in [1.807, 2.05) is 19.1 Å². The topological polar surface area (TPSA) is 83.8 Å². The monoisotopic (exact) mass is 324 g/mol. The Morgan fingerprint density at radius 2 is 2.29 bits per heavy atom. The molecule has 3 aromatic rings. The average molecular weight is 325 g/mol. The van der Waals surface area contributed by atoms with E-state index in [1.165, 1.54) is 11.3 Å². The average Bonchev–Trinajstić information content (AvgIpc) is 3.01. The lowest BCUT2D eigenvalue weighted by molar-refractivity contribution is 0.276. The van der Waals surface area contributed by atoms with Gasteiger partial charge in [0.1, 0.15) is 16.9 Å². The predicted molar refractivity (Wildman–Crippen MR) is 82.0 cm³/mol. The van der Waals surface area contributed by atoms with E-state index in [4.69, 9.17) is 11.6 Å². The van der Waals surface area contributed by atoms with Gasteiger partial charge < -0.3 is 10.1 Å². The van der Waals surface area contributed by atoms with Gasteiger partial charge in [0, 0.05) is 4.88 Å². The molecule has 0 bridgehead atoms. The van der Waals surface area contributed by atoms with Gasteiger partial charge in [-0.05, 0) is 26.0 Å². The molecule has 0 aliphatic heterocycles. The molecule has 0 fully saturated rings. The summed E-state index contributed by atoms with van der Waals surface area (Å²) in [6.07, 6.45) is 0. The van der Waals surface area contributed by atoms with Crippen molar-refractivity contribution in [2.24, 2.45) is 0 Å². The highest BCUT2D eigenvalue weighted by atomic mass is 35.5. The number of aliphatic hydroxyl groups excluding tert-OH is 1. The van der Waals surface area contributed by atoms with Gasteiger partial charge in [0.25, 0.3) is 5.56 Å². The Hall–Kier alpha value is -1.70. The van der Waals surface area contributed by atoms with Crippen LogP contribution in [0.1, 0.15) is 29.4 Å². The van der Waals surface area contributed by atoms with Crippen molar-refractivity contribution in [3.63, 3.8) is 0 Å². The zero-order valence-electron chi connectivity index (χ0n) is 11.4. The number of aromatic amines is 1. The summed E-state index contributed by atoms with van der Waals surface area (Å²) >= 11 is 7.42. The number of nitrogens with one attached hydrogen (secondary N) is 1. The number of rotatable bonds is 3. The minimum Gasteiger partial charge on any atom is -0.390 e. The minimum absolute atomic E-state index is 0.126. The smallest absolute Gasteiger partial charge is 0.262 e. The molecule has 0 radical (unpaired) electrons. The molecular formula is C13H13ClN4O2S. The molecule has 0 unspecified atom stereocenters. The fraction of sp³-hybridized carbons (Fsp3) is 0.308. The van der Waals surface area contributed by atoms with E-state index in [9.17, 15) is 9.90 Å². The SMILES string of the molecule is Cc1nc2c(c(CO)nn2[C@@H](C)c2ccc(Cl)s2)c(=O)[nH]1. The van der Waals surface area contributed by atoms with E-state index in [-0.39, 0.29) is 18.2 Å². The van der Waals surface area contributed by atoms with Gasteiger partial charge in [0.05, 0.1) is 17.0 Å². The fourth-order valence-corrected chi connectivity index (χ4v) is 3.38. The van der Waals surface area contributed by atoms with Gasteiger partial charge in [-0.25, -0.2) is 9.67 Å². The number of thiophene rings is 1. The van der Waals surface area contributed by atoms with Crippen LogP contribution in [0.2, 0.25) is 4.34 Å². The van der Waals surface area contributed by atoms with Crippen LogP contribution in [-0.2, 0) is 6.61 Å². The van der Waals surface area contributed by atoms with Gasteiger partial charge in [-0.3, -0.25) is 4.79 Å². The summed E-state index contributed by atoms with van der Waals surface area (Å²) in [5, 5.41) is 14.1. The van der Waals surface area contributed by atoms with Crippen molar-refractivity contribution in [2.45, 2.75) is 26.5 Å². The largest absolute Gasteiger partial charge is 0.390 e. The maximum absolute atomic E-state index is 12.1. The first kappa shape index (κ1) is 14.2. The molecule has 0 saturated carbocycles. The highest BCUT2D eigenvalue weighted by Gasteiger charge is 2.20. The van der Waals surface area contributed by atoms with Gasteiger partial charge in [-0.15, -0.1) is 11.3 Å². The summed E-state index contributed by atoms with van der Waals surface area (Å²) in [6, 6.07) is 3.62. The summed E-state index contributed by atoms with van der Waals surface area (Å²) in [7, 11) is 0. The van der Waals surface area contributed by atoms with E-state index in [2.05, 4.69) is 15.1 Å². The Morgan fingerprint density at radius 3 is 2.90 bits per heavy atom. The molecule has 2 N–H and O–H groups in total. The maximum atomic E-state index is 12.1. The molecule has 8 heteroatoms. The van der Waals surface area contributed by atoms with Gasteiger partial charge in [0.2, 0.25) is 0 Å². The summed E-state index contributed by atoms with van der Waals surface area (Å²) in [4.78, 5) is 20.1. The molecule has 6 nitrogen and oxygen atoms in total. The van der Waals surface area contributed by atoms with E-state index >= 15 is 0 Å². The Balaban J connectivity index is 2.25. The van der Waals surface area contributed by atoms with Crippen molar-refractivity contribution >= 4 is 34.0 Å². The highest BCUT2D eigenvalue weighted by Crippen LogP contribution is 2.30. The number of aromatic nitrogens is 4. The molecule has 3 aromatic heterocycles. The Bertz CT molecular complexity index is 867. The number of aliphatic hydroxyl groups is 1. The second kappa shape index (κ2) is 5.25. The molecule has 3 rings (SSSR count). The predicted octanol–water partition coefficient (Wildman–Crippen LogP) is 2.24. The zero-order chi connectivity index (χ0) is 15.1. The normalized spacial score (nSPS) is 13.0. The van der Waals surface area contributed by atoms with Crippen molar-refractivity contribution in [1.82, 2.24) is 19.7 Å². The standard InChI is InChI=1S/C13H13ClN4O2S/c1-6(9-3-4-10(14)21-9)18-12-11(8(5-19)17-18)13(20)16-7(2)15-12/h3-4,6,19H,5H2,1-2H3,(H,15,16,20)/t6-/m0/s1. The van der Waals surface area contributed by atoms with Crippen LogP contribution < -0.4 is 5.56 Å². The molecule has 0 aliphatic rings. The van der Waals surface area contributed by atoms with E-state index in [1.54, 1.807) is 11.6 Å². The van der Waals surface area contributed by atoms with Crippen LogP contribution in [0.3, 0.4) is 0 Å². The minimum atomic E-state index is -0.310. The number of nitrogens with zero attached hydrogens (tertiary/aromatic N) is 3. The molecule has 0 saturated heterocycles. The van der Waals surface area contributed by atoms with Gasteiger partial charge in [-0.2, -0.15) is 5.10 Å². The number of halogens is 1. The number of fused-ring (bicyclic) bond motifs is 1. The Morgan fingerprint density at radius 1 is 1.52 bits per heavy atom. The summed E-state index contributed by atoms with van der Waals surface area (Å²) in [6.45, 7) is 3.35. The molecule has 1 atom stereocenters. The Labute approximate surface area is 129 Å².